The Hall–Kier alpha value is -0.720. The van der Waals surface area contributed by atoms with Gasteiger partial charge in [-0.2, -0.15) is 24.9 Å². The van der Waals surface area contributed by atoms with Crippen LogP contribution >= 0.6 is 11.8 Å². The average molecular weight is 318 g/mol. The molecule has 0 saturated carbocycles. The van der Waals surface area contributed by atoms with Crippen LogP contribution in [0.5, 0.6) is 0 Å². The van der Waals surface area contributed by atoms with E-state index in [0.717, 1.165) is 42.4 Å². The summed E-state index contributed by atoms with van der Waals surface area (Å²) in [5, 5.41) is 0. The lowest BCUT2D eigenvalue weighted by molar-refractivity contribution is -0.137. The molecule has 1 atom stereocenters. The molecule has 3 N–H and O–H groups in total. The average Bonchev–Trinajstić information content (AvgIpc) is 2.45. The second kappa shape index (κ2) is 7.03. The molecule has 1 aromatic rings. The lowest BCUT2D eigenvalue weighted by atomic mass is 9.89. The van der Waals surface area contributed by atoms with Gasteiger partial charge in [-0.1, -0.05) is 6.07 Å². The number of halogens is 3. The summed E-state index contributed by atoms with van der Waals surface area (Å²) in [5.41, 5.74) is 3.68. The first-order chi connectivity index (χ1) is 9.91. The highest BCUT2D eigenvalue weighted by Crippen LogP contribution is 2.34. The minimum absolute atomic E-state index is 0.0830. The summed E-state index contributed by atoms with van der Waals surface area (Å²) < 4.78 is 38.1. The van der Waals surface area contributed by atoms with E-state index in [0.29, 0.717) is 11.5 Å². The third-order valence-corrected chi connectivity index (χ3v) is 5.13. The molecule has 6 heteroatoms. The molecule has 2 rings (SSSR count). The van der Waals surface area contributed by atoms with E-state index >= 15 is 0 Å². The van der Waals surface area contributed by atoms with Crippen LogP contribution in [0, 0.1) is 12.8 Å². The van der Waals surface area contributed by atoms with E-state index in [1.165, 1.54) is 6.07 Å². The molecule has 1 unspecified atom stereocenters. The van der Waals surface area contributed by atoms with Gasteiger partial charge in [0.2, 0.25) is 0 Å². The topological polar surface area (TPSA) is 38.0 Å². The van der Waals surface area contributed by atoms with Crippen molar-refractivity contribution in [2.24, 2.45) is 11.8 Å². The van der Waals surface area contributed by atoms with Crippen LogP contribution in [-0.2, 0) is 6.18 Å². The molecule has 21 heavy (non-hydrogen) atoms. The molecular formula is C15H21F3N2S. The summed E-state index contributed by atoms with van der Waals surface area (Å²) in [6.45, 7) is 1.71. The van der Waals surface area contributed by atoms with Crippen LogP contribution in [-0.4, -0.2) is 11.5 Å². The SMILES string of the molecule is Cc1cc(C(F)(F)F)ccc1C(CC1CCSCC1)NN. The zero-order valence-electron chi connectivity index (χ0n) is 12.0. The standard InChI is InChI=1S/C15H21F3N2S/c1-10-8-12(15(16,17)18)2-3-13(10)14(20-19)9-11-4-6-21-7-5-11/h2-3,8,11,14,20H,4-7,9,19H2,1H3. The van der Waals surface area contributed by atoms with Gasteiger partial charge < -0.3 is 0 Å². The molecule has 1 aliphatic rings. The highest BCUT2D eigenvalue weighted by Gasteiger charge is 2.31. The van der Waals surface area contributed by atoms with Crippen molar-refractivity contribution in [3.05, 3.63) is 34.9 Å². The highest BCUT2D eigenvalue weighted by molar-refractivity contribution is 7.99. The minimum Gasteiger partial charge on any atom is -0.271 e. The number of benzene rings is 1. The molecule has 118 valence electrons. The van der Waals surface area contributed by atoms with Crippen molar-refractivity contribution in [1.29, 1.82) is 0 Å². The molecule has 0 amide bonds. The zero-order valence-corrected chi connectivity index (χ0v) is 12.9. The van der Waals surface area contributed by atoms with Gasteiger partial charge in [0, 0.05) is 6.04 Å². The number of thioether (sulfide) groups is 1. The fourth-order valence-corrected chi connectivity index (χ4v) is 4.05. The molecule has 1 aromatic carbocycles. The van der Waals surface area contributed by atoms with Gasteiger partial charge in [0.05, 0.1) is 5.56 Å². The van der Waals surface area contributed by atoms with E-state index in [1.807, 2.05) is 11.8 Å². The van der Waals surface area contributed by atoms with Gasteiger partial charge in [-0.25, -0.2) is 0 Å². The lowest BCUT2D eigenvalue weighted by Crippen LogP contribution is -2.31. The van der Waals surface area contributed by atoms with Crippen molar-refractivity contribution in [2.45, 2.75) is 38.4 Å². The van der Waals surface area contributed by atoms with Gasteiger partial charge in [-0.3, -0.25) is 11.3 Å². The second-order valence-corrected chi connectivity index (χ2v) is 6.80. The molecule has 1 saturated heterocycles. The molecule has 0 aliphatic carbocycles. The van der Waals surface area contributed by atoms with Crippen LogP contribution in [0.4, 0.5) is 13.2 Å². The number of aryl methyl sites for hydroxylation is 1. The Morgan fingerprint density at radius 1 is 1.33 bits per heavy atom. The van der Waals surface area contributed by atoms with Gasteiger partial charge in [0.25, 0.3) is 0 Å². The van der Waals surface area contributed by atoms with Crippen molar-refractivity contribution in [1.82, 2.24) is 5.43 Å². The summed E-state index contributed by atoms with van der Waals surface area (Å²) >= 11 is 1.96. The smallest absolute Gasteiger partial charge is 0.271 e. The van der Waals surface area contributed by atoms with Gasteiger partial charge in [0.1, 0.15) is 0 Å². The molecular weight excluding hydrogens is 297 g/mol. The zero-order chi connectivity index (χ0) is 15.5. The molecule has 2 nitrogen and oxygen atoms in total. The first-order valence-corrected chi connectivity index (χ1v) is 8.29. The minimum atomic E-state index is -4.30. The Labute approximate surface area is 127 Å². The van der Waals surface area contributed by atoms with Crippen LogP contribution in [0.3, 0.4) is 0 Å². The number of rotatable bonds is 4. The van der Waals surface area contributed by atoms with Crippen LogP contribution in [0.15, 0.2) is 18.2 Å². The van der Waals surface area contributed by atoms with Crippen molar-refractivity contribution in [3.8, 4) is 0 Å². The molecule has 0 bridgehead atoms. The molecule has 1 aliphatic heterocycles. The summed E-state index contributed by atoms with van der Waals surface area (Å²) in [6, 6.07) is 3.82. The highest BCUT2D eigenvalue weighted by atomic mass is 32.2. The number of alkyl halides is 3. The first kappa shape index (κ1) is 16.6. The molecule has 0 aromatic heterocycles. The van der Waals surface area contributed by atoms with E-state index in [2.05, 4.69) is 5.43 Å². The predicted octanol–water partition coefficient (Wildman–Crippen LogP) is 4.05. The van der Waals surface area contributed by atoms with Gasteiger partial charge in [0.15, 0.2) is 0 Å². The predicted molar refractivity (Wildman–Crippen MR) is 80.9 cm³/mol. The number of hydrogen-bond donors (Lipinski definition) is 2. The van der Waals surface area contributed by atoms with Crippen molar-refractivity contribution in [2.75, 3.05) is 11.5 Å². The van der Waals surface area contributed by atoms with E-state index in [9.17, 15) is 13.2 Å². The number of hydrogen-bond acceptors (Lipinski definition) is 3. The normalized spacial score (nSPS) is 18.7. The molecule has 1 fully saturated rings. The maximum atomic E-state index is 12.7. The van der Waals surface area contributed by atoms with Crippen LogP contribution in [0.25, 0.3) is 0 Å². The number of nitrogens with two attached hydrogens (primary N) is 1. The third kappa shape index (κ3) is 4.37. The molecule has 1 heterocycles. The maximum absolute atomic E-state index is 12.7. The van der Waals surface area contributed by atoms with E-state index in [-0.39, 0.29) is 6.04 Å². The summed E-state index contributed by atoms with van der Waals surface area (Å²) in [4.78, 5) is 0. The van der Waals surface area contributed by atoms with E-state index in [4.69, 9.17) is 5.84 Å². The number of nitrogens with one attached hydrogen (secondary N) is 1. The lowest BCUT2D eigenvalue weighted by Gasteiger charge is -2.27. The fraction of sp³-hybridized carbons (Fsp3) is 0.600. The van der Waals surface area contributed by atoms with Gasteiger partial charge >= 0.3 is 6.18 Å². The molecule has 0 radical (unpaired) electrons. The quantitative estimate of drug-likeness (QED) is 0.650. The number of hydrazine groups is 1. The Morgan fingerprint density at radius 3 is 2.52 bits per heavy atom. The monoisotopic (exact) mass is 318 g/mol. The van der Waals surface area contributed by atoms with Crippen molar-refractivity contribution in [3.63, 3.8) is 0 Å². The second-order valence-electron chi connectivity index (χ2n) is 5.58. The first-order valence-electron chi connectivity index (χ1n) is 7.13. The van der Waals surface area contributed by atoms with Crippen molar-refractivity contribution >= 4 is 11.8 Å². The Balaban J connectivity index is 2.14. The summed E-state index contributed by atoms with van der Waals surface area (Å²) in [7, 11) is 0. The maximum Gasteiger partial charge on any atom is 0.416 e. The van der Waals surface area contributed by atoms with E-state index in [1.54, 1.807) is 13.0 Å². The Bertz CT molecular complexity index is 470. The molecule has 0 spiro atoms. The summed E-state index contributed by atoms with van der Waals surface area (Å²) in [5.74, 6) is 8.55. The summed E-state index contributed by atoms with van der Waals surface area (Å²) in [6.07, 6.45) is -1.11. The Morgan fingerprint density at radius 2 is 2.00 bits per heavy atom. The van der Waals surface area contributed by atoms with E-state index < -0.39 is 11.7 Å². The van der Waals surface area contributed by atoms with Crippen LogP contribution in [0.1, 0.15) is 42.0 Å². The van der Waals surface area contributed by atoms with Gasteiger partial charge in [-0.05, 0) is 66.9 Å². The van der Waals surface area contributed by atoms with Crippen LogP contribution < -0.4 is 11.3 Å². The fourth-order valence-electron chi connectivity index (χ4n) is 2.84. The van der Waals surface area contributed by atoms with Crippen LogP contribution in [0.2, 0.25) is 0 Å². The largest absolute Gasteiger partial charge is 0.416 e. The third-order valence-electron chi connectivity index (χ3n) is 4.08. The Kier molecular flexibility index (Phi) is 5.57. The van der Waals surface area contributed by atoms with Crippen molar-refractivity contribution < 1.29 is 13.2 Å². The van der Waals surface area contributed by atoms with Gasteiger partial charge in [-0.15, -0.1) is 0 Å².